The van der Waals surface area contributed by atoms with Gasteiger partial charge in [-0.3, -0.25) is 4.68 Å². The Labute approximate surface area is 120 Å². The molecule has 19 heavy (non-hydrogen) atoms. The van der Waals surface area contributed by atoms with Crippen LogP contribution in [0.3, 0.4) is 0 Å². The van der Waals surface area contributed by atoms with E-state index in [0.29, 0.717) is 12.1 Å². The van der Waals surface area contributed by atoms with Crippen LogP contribution in [0.25, 0.3) is 0 Å². The van der Waals surface area contributed by atoms with Crippen LogP contribution >= 0.6 is 11.8 Å². The van der Waals surface area contributed by atoms with E-state index < -0.39 is 0 Å². The maximum Gasteiger partial charge on any atom is 0.0822 e. The average Bonchev–Trinajstić information content (AvgIpc) is 2.87. The number of ether oxygens (including phenoxy) is 1. The molecule has 0 bridgehead atoms. The van der Waals surface area contributed by atoms with E-state index in [-0.39, 0.29) is 0 Å². The molecular weight excluding hydrogens is 258 g/mol. The largest absolute Gasteiger partial charge is 0.375 e. The highest BCUT2D eigenvalue weighted by atomic mass is 32.2. The number of nitrogens with zero attached hydrogens (tertiary/aromatic N) is 2. The third-order valence-corrected chi connectivity index (χ3v) is 4.69. The molecule has 1 aromatic rings. The third kappa shape index (κ3) is 3.74. The lowest BCUT2D eigenvalue weighted by atomic mass is 10.1. The van der Waals surface area contributed by atoms with Gasteiger partial charge < -0.3 is 10.1 Å². The molecule has 2 atom stereocenters. The van der Waals surface area contributed by atoms with Crippen molar-refractivity contribution in [3.05, 3.63) is 17.5 Å². The van der Waals surface area contributed by atoms with Crippen LogP contribution in [0.15, 0.2) is 6.07 Å². The average molecular weight is 283 g/mol. The van der Waals surface area contributed by atoms with Gasteiger partial charge in [-0.1, -0.05) is 6.92 Å². The Balaban J connectivity index is 2.06. The summed E-state index contributed by atoms with van der Waals surface area (Å²) in [5.41, 5.74) is 2.50. The maximum absolute atomic E-state index is 5.90. The van der Waals surface area contributed by atoms with Gasteiger partial charge >= 0.3 is 0 Å². The standard InChI is InChI=1S/C14H25N3OS/c1-4-11-8-12(17(5-2)16-11)9-13(15-3)14-10-19-7-6-18-14/h8,13-15H,4-7,9-10H2,1-3H3. The summed E-state index contributed by atoms with van der Waals surface area (Å²) in [5, 5.41) is 8.04. The van der Waals surface area contributed by atoms with Crippen LogP contribution in [0.5, 0.6) is 0 Å². The fourth-order valence-corrected chi connectivity index (χ4v) is 3.45. The number of aromatic nitrogens is 2. The van der Waals surface area contributed by atoms with Gasteiger partial charge in [-0.15, -0.1) is 0 Å². The zero-order chi connectivity index (χ0) is 13.7. The quantitative estimate of drug-likeness (QED) is 0.863. The first kappa shape index (κ1) is 14.9. The first-order chi connectivity index (χ1) is 9.28. The molecule has 1 aliphatic heterocycles. The minimum Gasteiger partial charge on any atom is -0.375 e. The second kappa shape index (κ2) is 7.31. The van der Waals surface area contributed by atoms with E-state index in [2.05, 4.69) is 35.0 Å². The summed E-state index contributed by atoms with van der Waals surface area (Å²) in [5.74, 6) is 2.21. The van der Waals surface area contributed by atoms with E-state index in [1.807, 2.05) is 18.8 Å². The molecule has 5 heteroatoms. The molecule has 1 aliphatic rings. The topological polar surface area (TPSA) is 39.1 Å². The van der Waals surface area contributed by atoms with Gasteiger partial charge in [0.25, 0.3) is 0 Å². The first-order valence-corrected chi connectivity index (χ1v) is 8.36. The fourth-order valence-electron chi connectivity index (χ4n) is 2.51. The summed E-state index contributed by atoms with van der Waals surface area (Å²) in [4.78, 5) is 0. The SMILES string of the molecule is CCc1cc(CC(NC)C2CSCCO2)n(CC)n1. The number of rotatable bonds is 6. The van der Waals surface area contributed by atoms with E-state index in [9.17, 15) is 0 Å². The first-order valence-electron chi connectivity index (χ1n) is 7.20. The Morgan fingerprint density at radius 1 is 1.58 bits per heavy atom. The van der Waals surface area contributed by atoms with Crippen molar-refractivity contribution >= 4 is 11.8 Å². The number of aryl methyl sites for hydroxylation is 2. The van der Waals surface area contributed by atoms with Gasteiger partial charge in [-0.2, -0.15) is 16.9 Å². The Morgan fingerprint density at radius 2 is 2.42 bits per heavy atom. The monoisotopic (exact) mass is 283 g/mol. The summed E-state index contributed by atoms with van der Waals surface area (Å²) in [6.45, 7) is 6.12. The molecule has 2 heterocycles. The van der Waals surface area contributed by atoms with Gasteiger partial charge in [0.05, 0.1) is 18.4 Å². The van der Waals surface area contributed by atoms with Crippen LogP contribution in [-0.2, 0) is 24.1 Å². The van der Waals surface area contributed by atoms with Crippen molar-refractivity contribution in [1.82, 2.24) is 15.1 Å². The number of likely N-dealkylation sites (N-methyl/N-ethyl adjacent to an activating group) is 1. The van der Waals surface area contributed by atoms with Gasteiger partial charge in [0.2, 0.25) is 0 Å². The van der Waals surface area contributed by atoms with E-state index in [1.54, 1.807) is 0 Å². The van der Waals surface area contributed by atoms with Crippen LogP contribution in [-0.4, -0.2) is 47.1 Å². The molecule has 0 saturated carbocycles. The normalized spacial score (nSPS) is 21.5. The van der Waals surface area contributed by atoms with Crippen molar-refractivity contribution in [1.29, 1.82) is 0 Å². The highest BCUT2D eigenvalue weighted by molar-refractivity contribution is 7.99. The molecule has 0 radical (unpaired) electrons. The highest BCUT2D eigenvalue weighted by Gasteiger charge is 2.25. The molecule has 2 rings (SSSR count). The lowest BCUT2D eigenvalue weighted by Crippen LogP contribution is -2.45. The lowest BCUT2D eigenvalue weighted by Gasteiger charge is -2.30. The number of thioether (sulfide) groups is 1. The van der Waals surface area contributed by atoms with Crippen LogP contribution < -0.4 is 5.32 Å². The van der Waals surface area contributed by atoms with E-state index in [1.165, 1.54) is 11.4 Å². The lowest BCUT2D eigenvalue weighted by molar-refractivity contribution is 0.0487. The van der Waals surface area contributed by atoms with Gasteiger partial charge in [-0.25, -0.2) is 0 Å². The predicted molar refractivity (Wildman–Crippen MR) is 80.9 cm³/mol. The van der Waals surface area contributed by atoms with E-state index >= 15 is 0 Å². The third-order valence-electron chi connectivity index (χ3n) is 3.67. The molecule has 0 amide bonds. The second-order valence-corrected chi connectivity index (χ2v) is 6.03. The molecule has 1 N–H and O–H groups in total. The Morgan fingerprint density at radius 3 is 3.00 bits per heavy atom. The van der Waals surface area contributed by atoms with E-state index in [4.69, 9.17) is 4.74 Å². The van der Waals surface area contributed by atoms with Crippen molar-refractivity contribution in [3.63, 3.8) is 0 Å². The summed E-state index contributed by atoms with van der Waals surface area (Å²) >= 11 is 1.99. The minimum atomic E-state index is 0.314. The number of nitrogens with one attached hydrogen (secondary N) is 1. The smallest absolute Gasteiger partial charge is 0.0822 e. The molecule has 0 spiro atoms. The van der Waals surface area contributed by atoms with Crippen molar-refractivity contribution in [2.24, 2.45) is 0 Å². The molecule has 0 aliphatic carbocycles. The minimum absolute atomic E-state index is 0.314. The maximum atomic E-state index is 5.90. The summed E-state index contributed by atoms with van der Waals surface area (Å²) in [6.07, 6.45) is 2.30. The second-order valence-electron chi connectivity index (χ2n) is 4.88. The van der Waals surface area contributed by atoms with Crippen LogP contribution in [0.4, 0.5) is 0 Å². The number of hydrogen-bond donors (Lipinski definition) is 1. The van der Waals surface area contributed by atoms with Crippen molar-refractivity contribution in [2.75, 3.05) is 25.2 Å². The zero-order valence-corrected chi connectivity index (χ0v) is 13.0. The molecule has 0 aromatic carbocycles. The summed E-state index contributed by atoms with van der Waals surface area (Å²) in [6, 6.07) is 2.61. The molecular formula is C14H25N3OS. The van der Waals surface area contributed by atoms with Crippen LogP contribution in [0, 0.1) is 0 Å². The molecule has 4 nitrogen and oxygen atoms in total. The van der Waals surface area contributed by atoms with Crippen LogP contribution in [0.1, 0.15) is 25.2 Å². The van der Waals surface area contributed by atoms with E-state index in [0.717, 1.165) is 37.5 Å². The highest BCUT2D eigenvalue weighted by Crippen LogP contribution is 2.18. The van der Waals surface area contributed by atoms with Crippen molar-refractivity contribution in [2.45, 2.75) is 45.4 Å². The molecule has 1 fully saturated rings. The number of hydrogen-bond acceptors (Lipinski definition) is 4. The van der Waals surface area contributed by atoms with Crippen molar-refractivity contribution < 1.29 is 4.74 Å². The summed E-state index contributed by atoms with van der Waals surface area (Å²) in [7, 11) is 2.03. The Bertz CT molecular complexity index is 388. The molecule has 1 saturated heterocycles. The fraction of sp³-hybridized carbons (Fsp3) is 0.786. The predicted octanol–water partition coefficient (Wildman–Crippen LogP) is 1.73. The van der Waals surface area contributed by atoms with Crippen molar-refractivity contribution in [3.8, 4) is 0 Å². The Kier molecular flexibility index (Phi) is 5.73. The van der Waals surface area contributed by atoms with Crippen LogP contribution in [0.2, 0.25) is 0 Å². The van der Waals surface area contributed by atoms with Gasteiger partial charge in [0.15, 0.2) is 0 Å². The summed E-state index contributed by atoms with van der Waals surface area (Å²) < 4.78 is 8.02. The Hall–Kier alpha value is -0.520. The van der Waals surface area contributed by atoms with Gasteiger partial charge in [0.1, 0.15) is 0 Å². The zero-order valence-electron chi connectivity index (χ0n) is 12.2. The molecule has 1 aromatic heterocycles. The molecule has 108 valence electrons. The van der Waals surface area contributed by atoms with Gasteiger partial charge in [0, 0.05) is 36.2 Å². The van der Waals surface area contributed by atoms with Gasteiger partial charge in [-0.05, 0) is 26.5 Å². The molecule has 2 unspecified atom stereocenters.